The highest BCUT2D eigenvalue weighted by Gasteiger charge is 2.10. The molecule has 0 aliphatic rings. The van der Waals surface area contributed by atoms with Gasteiger partial charge in [-0.3, -0.25) is 9.59 Å². The molecule has 1 aromatic heterocycles. The van der Waals surface area contributed by atoms with Crippen LogP contribution in [0.15, 0.2) is 30.5 Å². The number of aromatic nitrogens is 1. The number of rotatable bonds is 6. The van der Waals surface area contributed by atoms with Gasteiger partial charge in [0.05, 0.1) is 6.42 Å². The normalized spacial score (nSPS) is 10.7. The van der Waals surface area contributed by atoms with E-state index in [2.05, 4.69) is 5.32 Å². The van der Waals surface area contributed by atoms with Gasteiger partial charge in [-0.2, -0.15) is 0 Å². The van der Waals surface area contributed by atoms with Crippen LogP contribution in [0.3, 0.4) is 0 Å². The van der Waals surface area contributed by atoms with Crippen molar-refractivity contribution in [2.45, 2.75) is 19.3 Å². The number of fused-ring (bicyclic) bond motifs is 1. The Labute approximate surface area is 117 Å². The molecule has 0 atom stereocenters. The van der Waals surface area contributed by atoms with Crippen molar-refractivity contribution < 1.29 is 14.7 Å². The van der Waals surface area contributed by atoms with Gasteiger partial charge in [-0.1, -0.05) is 18.2 Å². The number of carbonyl (C=O) groups is 2. The van der Waals surface area contributed by atoms with Crippen LogP contribution in [0.5, 0.6) is 0 Å². The molecular formula is C15H18N2O3. The molecule has 0 aliphatic carbocycles. The summed E-state index contributed by atoms with van der Waals surface area (Å²) in [5.41, 5.74) is 2.08. The third-order valence-corrected chi connectivity index (χ3v) is 3.22. The van der Waals surface area contributed by atoms with E-state index < -0.39 is 5.97 Å². The molecule has 0 spiro atoms. The summed E-state index contributed by atoms with van der Waals surface area (Å²) in [6.07, 6.45) is 2.81. The Morgan fingerprint density at radius 1 is 1.30 bits per heavy atom. The summed E-state index contributed by atoms with van der Waals surface area (Å²) in [5, 5.41) is 12.3. The van der Waals surface area contributed by atoms with Gasteiger partial charge in [-0.15, -0.1) is 0 Å². The number of nitrogens with one attached hydrogen (secondary N) is 1. The maximum atomic E-state index is 11.8. The molecule has 5 nitrogen and oxygen atoms in total. The number of hydrogen-bond donors (Lipinski definition) is 2. The first kappa shape index (κ1) is 14.1. The molecule has 0 saturated heterocycles. The van der Waals surface area contributed by atoms with E-state index in [1.807, 2.05) is 42.1 Å². The van der Waals surface area contributed by atoms with E-state index in [0.717, 1.165) is 16.5 Å². The first-order chi connectivity index (χ1) is 9.58. The zero-order valence-electron chi connectivity index (χ0n) is 11.4. The van der Waals surface area contributed by atoms with Gasteiger partial charge in [0.1, 0.15) is 0 Å². The van der Waals surface area contributed by atoms with Crippen LogP contribution in [-0.4, -0.2) is 28.1 Å². The van der Waals surface area contributed by atoms with Crippen molar-refractivity contribution >= 4 is 22.8 Å². The minimum absolute atomic E-state index is 0.0771. The average Bonchev–Trinajstić information content (AvgIpc) is 2.72. The van der Waals surface area contributed by atoms with Crippen LogP contribution in [-0.2, 0) is 23.1 Å². The number of carboxylic acid groups (broad SMARTS) is 1. The molecule has 2 N–H and O–H groups in total. The lowest BCUT2D eigenvalue weighted by molar-refractivity contribution is -0.137. The van der Waals surface area contributed by atoms with Gasteiger partial charge < -0.3 is 15.0 Å². The minimum atomic E-state index is -0.840. The van der Waals surface area contributed by atoms with Crippen molar-refractivity contribution in [3.63, 3.8) is 0 Å². The van der Waals surface area contributed by atoms with Gasteiger partial charge in [0, 0.05) is 37.1 Å². The van der Waals surface area contributed by atoms with E-state index in [1.54, 1.807) is 0 Å². The van der Waals surface area contributed by atoms with Crippen LogP contribution < -0.4 is 5.32 Å². The first-order valence-electron chi connectivity index (χ1n) is 6.59. The maximum Gasteiger partial charge on any atom is 0.303 e. The van der Waals surface area contributed by atoms with E-state index in [-0.39, 0.29) is 12.3 Å². The van der Waals surface area contributed by atoms with Crippen LogP contribution >= 0.6 is 0 Å². The van der Waals surface area contributed by atoms with Gasteiger partial charge in [0.2, 0.25) is 5.91 Å². The quantitative estimate of drug-likeness (QED) is 0.788. The summed E-state index contributed by atoms with van der Waals surface area (Å²) in [6.45, 7) is 0.399. The summed E-state index contributed by atoms with van der Waals surface area (Å²) < 4.78 is 2.00. The number of carbonyl (C=O) groups excluding carboxylic acids is 1. The Balaban J connectivity index is 1.95. The standard InChI is InChI=1S/C15H18N2O3/c1-17-10-11(12-5-2-3-6-13(12)17)9-14(18)16-8-4-7-15(19)20/h2-3,5-6,10H,4,7-9H2,1H3,(H,16,18)(H,19,20). The summed E-state index contributed by atoms with van der Waals surface area (Å²) >= 11 is 0. The maximum absolute atomic E-state index is 11.8. The van der Waals surface area contributed by atoms with Crippen LogP contribution in [0.4, 0.5) is 0 Å². The zero-order valence-corrected chi connectivity index (χ0v) is 11.4. The molecule has 106 valence electrons. The SMILES string of the molecule is Cn1cc(CC(=O)NCCCC(=O)O)c2ccccc21. The van der Waals surface area contributed by atoms with E-state index in [9.17, 15) is 9.59 Å². The molecule has 2 aromatic rings. The minimum Gasteiger partial charge on any atom is -0.481 e. The molecule has 20 heavy (non-hydrogen) atoms. The lowest BCUT2D eigenvalue weighted by Crippen LogP contribution is -2.26. The Morgan fingerprint density at radius 2 is 2.05 bits per heavy atom. The fourth-order valence-corrected chi connectivity index (χ4v) is 2.27. The summed E-state index contributed by atoms with van der Waals surface area (Å²) in [5.74, 6) is -0.917. The average molecular weight is 274 g/mol. The van der Waals surface area contributed by atoms with E-state index in [1.165, 1.54) is 0 Å². The van der Waals surface area contributed by atoms with Crippen molar-refractivity contribution in [2.75, 3.05) is 6.54 Å². The van der Waals surface area contributed by atoms with Crippen LogP contribution in [0.25, 0.3) is 10.9 Å². The zero-order chi connectivity index (χ0) is 14.5. The number of nitrogens with zero attached hydrogens (tertiary/aromatic N) is 1. The molecule has 1 heterocycles. The van der Waals surface area contributed by atoms with E-state index >= 15 is 0 Å². The Kier molecular flexibility index (Phi) is 4.40. The largest absolute Gasteiger partial charge is 0.481 e. The molecule has 0 bridgehead atoms. The van der Waals surface area contributed by atoms with Gasteiger partial charge >= 0.3 is 5.97 Å². The highest BCUT2D eigenvalue weighted by atomic mass is 16.4. The number of aryl methyl sites for hydroxylation is 1. The molecule has 0 radical (unpaired) electrons. The lowest BCUT2D eigenvalue weighted by Gasteiger charge is -2.03. The molecule has 0 unspecified atom stereocenters. The molecule has 1 aromatic carbocycles. The van der Waals surface area contributed by atoms with Gasteiger partial charge in [-0.05, 0) is 18.1 Å². The fraction of sp³-hybridized carbons (Fsp3) is 0.333. The van der Waals surface area contributed by atoms with Crippen LogP contribution in [0.1, 0.15) is 18.4 Å². The predicted molar refractivity (Wildman–Crippen MR) is 76.5 cm³/mol. The Hall–Kier alpha value is -2.30. The number of hydrogen-bond acceptors (Lipinski definition) is 2. The number of para-hydroxylation sites is 1. The van der Waals surface area contributed by atoms with Crippen LogP contribution in [0, 0.1) is 0 Å². The number of amides is 1. The second-order valence-electron chi connectivity index (χ2n) is 4.81. The highest BCUT2D eigenvalue weighted by molar-refractivity contribution is 5.89. The van der Waals surface area contributed by atoms with Gasteiger partial charge in [0.25, 0.3) is 0 Å². The molecule has 0 aliphatic heterocycles. The van der Waals surface area contributed by atoms with E-state index in [0.29, 0.717) is 19.4 Å². The van der Waals surface area contributed by atoms with Crippen LogP contribution in [0.2, 0.25) is 0 Å². The summed E-state index contributed by atoms with van der Waals surface area (Å²) in [6, 6.07) is 7.95. The molecule has 2 rings (SSSR count). The third kappa shape index (κ3) is 3.38. The smallest absolute Gasteiger partial charge is 0.303 e. The third-order valence-electron chi connectivity index (χ3n) is 3.22. The van der Waals surface area contributed by atoms with Crippen molar-refractivity contribution in [1.29, 1.82) is 0 Å². The second-order valence-corrected chi connectivity index (χ2v) is 4.81. The lowest BCUT2D eigenvalue weighted by atomic mass is 10.1. The van der Waals surface area contributed by atoms with Gasteiger partial charge in [0.15, 0.2) is 0 Å². The summed E-state index contributed by atoms with van der Waals surface area (Å²) in [7, 11) is 1.95. The predicted octanol–water partition coefficient (Wildman–Crippen LogP) is 1.70. The van der Waals surface area contributed by atoms with Crippen molar-refractivity contribution in [3.8, 4) is 0 Å². The van der Waals surface area contributed by atoms with Crippen molar-refractivity contribution in [2.24, 2.45) is 7.05 Å². The topological polar surface area (TPSA) is 71.3 Å². The second kappa shape index (κ2) is 6.23. The van der Waals surface area contributed by atoms with Crippen molar-refractivity contribution in [3.05, 3.63) is 36.0 Å². The molecule has 0 fully saturated rings. The molecule has 1 amide bonds. The number of aliphatic carboxylic acids is 1. The number of benzene rings is 1. The molecule has 5 heteroatoms. The Bertz CT molecular complexity index is 631. The fourth-order valence-electron chi connectivity index (χ4n) is 2.27. The molecule has 0 saturated carbocycles. The monoisotopic (exact) mass is 274 g/mol. The first-order valence-corrected chi connectivity index (χ1v) is 6.59. The van der Waals surface area contributed by atoms with Crippen molar-refractivity contribution in [1.82, 2.24) is 9.88 Å². The van der Waals surface area contributed by atoms with Gasteiger partial charge in [-0.25, -0.2) is 0 Å². The summed E-state index contributed by atoms with van der Waals surface area (Å²) in [4.78, 5) is 22.2. The molecular weight excluding hydrogens is 256 g/mol. The Morgan fingerprint density at radius 3 is 2.80 bits per heavy atom. The van der Waals surface area contributed by atoms with E-state index in [4.69, 9.17) is 5.11 Å². The number of carboxylic acids is 1. The highest BCUT2D eigenvalue weighted by Crippen LogP contribution is 2.20.